The summed E-state index contributed by atoms with van der Waals surface area (Å²) in [6.45, 7) is 4.86. The molecule has 0 saturated heterocycles. The summed E-state index contributed by atoms with van der Waals surface area (Å²) in [5.41, 5.74) is -0.117. The quantitative estimate of drug-likeness (QED) is 0.843. The monoisotopic (exact) mass is 349 g/mol. The van der Waals surface area contributed by atoms with Crippen molar-refractivity contribution < 1.29 is 4.79 Å². The maximum absolute atomic E-state index is 12.6. The van der Waals surface area contributed by atoms with Crippen LogP contribution >= 0.6 is 23.1 Å². The fraction of sp³-hybridized carbons (Fsp3) is 0.438. The molecule has 0 aromatic carbocycles. The van der Waals surface area contributed by atoms with Crippen molar-refractivity contribution in [2.45, 2.75) is 38.0 Å². The van der Waals surface area contributed by atoms with Crippen LogP contribution in [0.1, 0.15) is 41.5 Å². The lowest BCUT2D eigenvalue weighted by Crippen LogP contribution is -2.35. The van der Waals surface area contributed by atoms with Crippen LogP contribution in [0.4, 0.5) is 0 Å². The molecule has 122 valence electrons. The van der Waals surface area contributed by atoms with Crippen molar-refractivity contribution >= 4 is 29.0 Å². The van der Waals surface area contributed by atoms with E-state index >= 15 is 0 Å². The number of aromatic nitrogens is 2. The molecule has 1 aliphatic heterocycles. The van der Waals surface area contributed by atoms with Crippen LogP contribution in [0.2, 0.25) is 0 Å². The van der Waals surface area contributed by atoms with Crippen LogP contribution in [0.15, 0.2) is 33.7 Å². The normalized spacial score (nSPS) is 14.7. The Morgan fingerprint density at radius 2 is 2.30 bits per heavy atom. The van der Waals surface area contributed by atoms with Crippen LogP contribution in [-0.4, -0.2) is 21.2 Å². The van der Waals surface area contributed by atoms with Crippen LogP contribution in [0.25, 0.3) is 0 Å². The van der Waals surface area contributed by atoms with Gasteiger partial charge in [0.2, 0.25) is 0 Å². The molecule has 1 N–H and O–H groups in total. The summed E-state index contributed by atoms with van der Waals surface area (Å²) in [4.78, 5) is 30.4. The van der Waals surface area contributed by atoms with E-state index in [2.05, 4.69) is 24.1 Å². The molecule has 2 aromatic rings. The summed E-state index contributed by atoms with van der Waals surface area (Å²) < 4.78 is 1.59. The highest BCUT2D eigenvalue weighted by atomic mass is 32.2. The Balaban J connectivity index is 1.84. The van der Waals surface area contributed by atoms with E-state index in [1.54, 1.807) is 27.7 Å². The van der Waals surface area contributed by atoms with E-state index in [-0.39, 0.29) is 23.1 Å². The summed E-state index contributed by atoms with van der Waals surface area (Å²) in [6.07, 6.45) is 2.24. The second-order valence-electron chi connectivity index (χ2n) is 5.93. The fourth-order valence-electron chi connectivity index (χ4n) is 2.62. The Hall–Kier alpha value is -1.60. The third-order valence-corrected chi connectivity index (χ3v) is 5.66. The lowest BCUT2D eigenvalue weighted by atomic mass is 10.0. The fourth-order valence-corrected chi connectivity index (χ4v) is 4.32. The van der Waals surface area contributed by atoms with Gasteiger partial charge in [0.15, 0.2) is 5.16 Å². The lowest BCUT2D eigenvalue weighted by Gasteiger charge is -2.19. The first kappa shape index (κ1) is 16.3. The van der Waals surface area contributed by atoms with Crippen LogP contribution in [0.5, 0.6) is 0 Å². The smallest absolute Gasteiger partial charge is 0.267 e. The number of carbonyl (C=O) groups is 1. The molecule has 3 heterocycles. The Kier molecular flexibility index (Phi) is 4.87. The highest BCUT2D eigenvalue weighted by Crippen LogP contribution is 2.26. The first-order valence-corrected chi connectivity index (χ1v) is 9.49. The summed E-state index contributed by atoms with van der Waals surface area (Å²) in [5, 5.41) is 5.71. The van der Waals surface area contributed by atoms with Crippen molar-refractivity contribution in [3.8, 4) is 0 Å². The molecule has 0 bridgehead atoms. The molecule has 0 radical (unpaired) electrons. The van der Waals surface area contributed by atoms with Crippen molar-refractivity contribution in [1.29, 1.82) is 0 Å². The Labute approximate surface area is 143 Å². The number of thiophene rings is 1. The van der Waals surface area contributed by atoms with E-state index in [9.17, 15) is 9.59 Å². The first-order chi connectivity index (χ1) is 11.1. The van der Waals surface area contributed by atoms with Gasteiger partial charge in [-0.3, -0.25) is 14.2 Å². The maximum atomic E-state index is 12.6. The van der Waals surface area contributed by atoms with Crippen LogP contribution in [0, 0.1) is 5.92 Å². The molecule has 23 heavy (non-hydrogen) atoms. The van der Waals surface area contributed by atoms with Crippen molar-refractivity contribution in [3.63, 3.8) is 0 Å². The molecule has 3 rings (SSSR count). The molecule has 0 fully saturated rings. The minimum Gasteiger partial charge on any atom is -0.344 e. The molecule has 0 spiro atoms. The molecule has 1 amide bonds. The van der Waals surface area contributed by atoms with E-state index in [4.69, 9.17) is 0 Å². The lowest BCUT2D eigenvalue weighted by molar-refractivity contribution is 0.0930. The van der Waals surface area contributed by atoms with Crippen LogP contribution < -0.4 is 10.9 Å². The van der Waals surface area contributed by atoms with Crippen molar-refractivity contribution in [2.24, 2.45) is 5.92 Å². The van der Waals surface area contributed by atoms with E-state index in [1.165, 1.54) is 6.20 Å². The summed E-state index contributed by atoms with van der Waals surface area (Å²) >= 11 is 3.16. The summed E-state index contributed by atoms with van der Waals surface area (Å²) in [7, 11) is 0. The molecule has 1 atom stereocenters. The molecular formula is C16H19N3O2S2. The van der Waals surface area contributed by atoms with Gasteiger partial charge >= 0.3 is 0 Å². The maximum Gasteiger partial charge on any atom is 0.267 e. The van der Waals surface area contributed by atoms with Gasteiger partial charge in [0.25, 0.3) is 11.5 Å². The SMILES string of the molecule is CC(C)C[C@H](NC(=O)c1cnc2n(c1=O)CCS2)c1cccs1. The Bertz CT molecular complexity index is 753. The predicted molar refractivity (Wildman–Crippen MR) is 93.2 cm³/mol. The van der Waals surface area contributed by atoms with Gasteiger partial charge < -0.3 is 5.32 Å². The molecule has 0 saturated carbocycles. The first-order valence-electron chi connectivity index (χ1n) is 7.63. The predicted octanol–water partition coefficient (Wildman–Crippen LogP) is 2.93. The zero-order valence-electron chi connectivity index (χ0n) is 13.1. The largest absolute Gasteiger partial charge is 0.344 e. The van der Waals surface area contributed by atoms with Gasteiger partial charge in [-0.25, -0.2) is 4.98 Å². The van der Waals surface area contributed by atoms with Crippen molar-refractivity contribution in [2.75, 3.05) is 5.75 Å². The highest BCUT2D eigenvalue weighted by molar-refractivity contribution is 7.99. The van der Waals surface area contributed by atoms with Gasteiger partial charge in [0, 0.05) is 23.4 Å². The molecule has 5 nitrogen and oxygen atoms in total. The zero-order valence-corrected chi connectivity index (χ0v) is 14.7. The minimum atomic E-state index is -0.339. The molecule has 0 unspecified atom stereocenters. The molecular weight excluding hydrogens is 330 g/mol. The average Bonchev–Trinajstić information content (AvgIpc) is 3.18. The van der Waals surface area contributed by atoms with Gasteiger partial charge in [-0.05, 0) is 23.8 Å². The number of carbonyl (C=O) groups excluding carboxylic acids is 1. The second kappa shape index (κ2) is 6.88. The number of nitrogens with one attached hydrogen (secondary N) is 1. The molecule has 0 aliphatic carbocycles. The Morgan fingerprint density at radius 3 is 3.00 bits per heavy atom. The number of nitrogens with zero attached hydrogens (tertiary/aromatic N) is 2. The standard InChI is InChI=1S/C16H19N3O2S2/c1-10(2)8-12(13-4-3-6-22-13)18-14(20)11-9-17-16-19(15(11)21)5-7-23-16/h3-4,6,9-10,12H,5,7-8H2,1-2H3,(H,18,20)/t12-/m0/s1. The Morgan fingerprint density at radius 1 is 1.48 bits per heavy atom. The van der Waals surface area contributed by atoms with Gasteiger partial charge in [-0.2, -0.15) is 0 Å². The van der Waals surface area contributed by atoms with Crippen molar-refractivity contribution in [3.05, 3.63) is 44.5 Å². The molecule has 1 aliphatic rings. The van der Waals surface area contributed by atoms with Crippen LogP contribution in [0.3, 0.4) is 0 Å². The summed E-state index contributed by atoms with van der Waals surface area (Å²) in [5.74, 6) is 0.935. The van der Waals surface area contributed by atoms with Gasteiger partial charge in [-0.1, -0.05) is 31.7 Å². The minimum absolute atomic E-state index is 0.0745. The molecule has 7 heteroatoms. The number of hydrogen-bond acceptors (Lipinski definition) is 5. The number of hydrogen-bond donors (Lipinski definition) is 1. The van der Waals surface area contributed by atoms with E-state index in [0.29, 0.717) is 17.6 Å². The van der Waals surface area contributed by atoms with Gasteiger partial charge in [-0.15, -0.1) is 11.3 Å². The average molecular weight is 349 g/mol. The van der Waals surface area contributed by atoms with Gasteiger partial charge in [0.05, 0.1) is 6.04 Å². The number of amides is 1. The van der Waals surface area contributed by atoms with Gasteiger partial charge in [0.1, 0.15) is 5.56 Å². The highest BCUT2D eigenvalue weighted by Gasteiger charge is 2.23. The summed E-state index contributed by atoms with van der Waals surface area (Å²) in [6, 6.07) is 3.92. The van der Waals surface area contributed by atoms with E-state index in [0.717, 1.165) is 17.1 Å². The van der Waals surface area contributed by atoms with E-state index in [1.807, 2.05) is 17.5 Å². The van der Waals surface area contributed by atoms with Crippen LogP contribution in [-0.2, 0) is 6.54 Å². The zero-order chi connectivity index (χ0) is 16.4. The van der Waals surface area contributed by atoms with Crippen molar-refractivity contribution in [1.82, 2.24) is 14.9 Å². The number of rotatable bonds is 5. The molecule has 2 aromatic heterocycles. The third kappa shape index (κ3) is 3.50. The second-order valence-corrected chi connectivity index (χ2v) is 7.97. The third-order valence-electron chi connectivity index (χ3n) is 3.70. The number of fused-ring (bicyclic) bond motifs is 1. The van der Waals surface area contributed by atoms with E-state index < -0.39 is 0 Å². The topological polar surface area (TPSA) is 64.0 Å². The number of thioether (sulfide) groups is 1.